The van der Waals surface area contributed by atoms with Crippen molar-refractivity contribution in [3.8, 4) is 10.4 Å². The molecule has 7 nitrogen and oxygen atoms in total. The first-order valence-electron chi connectivity index (χ1n) is 11.9. The second-order valence-corrected chi connectivity index (χ2v) is 10.3. The maximum atomic E-state index is 13.1. The predicted molar refractivity (Wildman–Crippen MR) is 130 cm³/mol. The standard InChI is InChI=1S/C25H34N4O3S/c1-15(17-8-10-19(11-9-17)23-16(2)27-14-33-23)28-24(31)21-12-20(30)13-29(21)25(32)22(26)18-6-4-3-5-7-18/h8-11,14-15,18,20-22,30H,3-7,12-13,26H2,1-2H3,(H,28,31)/t15-,20+,21-,22-/m0/s1. The molecule has 1 aliphatic carbocycles. The van der Waals surface area contributed by atoms with Gasteiger partial charge in [0.15, 0.2) is 0 Å². The van der Waals surface area contributed by atoms with Crippen molar-refractivity contribution in [3.05, 3.63) is 41.0 Å². The largest absolute Gasteiger partial charge is 0.391 e. The van der Waals surface area contributed by atoms with Gasteiger partial charge in [0, 0.05) is 13.0 Å². The van der Waals surface area contributed by atoms with E-state index in [0.717, 1.165) is 47.4 Å². The molecular weight excluding hydrogens is 436 g/mol. The highest BCUT2D eigenvalue weighted by atomic mass is 32.1. The lowest BCUT2D eigenvalue weighted by Gasteiger charge is -2.32. The topological polar surface area (TPSA) is 109 Å². The number of carbonyl (C=O) groups is 2. The number of rotatable bonds is 6. The number of aromatic nitrogens is 1. The quantitative estimate of drug-likeness (QED) is 0.601. The van der Waals surface area contributed by atoms with Crippen LogP contribution in [0.3, 0.4) is 0 Å². The highest BCUT2D eigenvalue weighted by molar-refractivity contribution is 7.13. The Labute approximate surface area is 199 Å². The molecule has 4 atom stereocenters. The summed E-state index contributed by atoms with van der Waals surface area (Å²) < 4.78 is 0. The fraction of sp³-hybridized carbons (Fsp3) is 0.560. The molecule has 2 aliphatic rings. The van der Waals surface area contributed by atoms with Gasteiger partial charge in [-0.25, -0.2) is 4.98 Å². The van der Waals surface area contributed by atoms with Gasteiger partial charge in [-0.1, -0.05) is 43.5 Å². The molecule has 2 fully saturated rings. The number of aryl methyl sites for hydroxylation is 1. The van der Waals surface area contributed by atoms with Crippen LogP contribution in [0, 0.1) is 12.8 Å². The van der Waals surface area contributed by atoms with Gasteiger partial charge < -0.3 is 21.1 Å². The number of hydrogen-bond donors (Lipinski definition) is 3. The number of thiazole rings is 1. The van der Waals surface area contributed by atoms with Gasteiger partial charge in [-0.3, -0.25) is 9.59 Å². The number of benzene rings is 1. The van der Waals surface area contributed by atoms with Crippen LogP contribution < -0.4 is 11.1 Å². The minimum absolute atomic E-state index is 0.160. The minimum Gasteiger partial charge on any atom is -0.391 e. The van der Waals surface area contributed by atoms with Crippen LogP contribution in [-0.2, 0) is 9.59 Å². The number of aliphatic hydroxyl groups is 1. The highest BCUT2D eigenvalue weighted by Crippen LogP contribution is 2.30. The van der Waals surface area contributed by atoms with Gasteiger partial charge in [0.2, 0.25) is 11.8 Å². The molecule has 4 rings (SSSR count). The van der Waals surface area contributed by atoms with Gasteiger partial charge in [0.05, 0.1) is 34.3 Å². The molecule has 8 heteroatoms. The van der Waals surface area contributed by atoms with Crippen molar-refractivity contribution in [3.63, 3.8) is 0 Å². The number of aliphatic hydroxyl groups excluding tert-OH is 1. The summed E-state index contributed by atoms with van der Waals surface area (Å²) in [5.74, 6) is -0.298. The SMILES string of the molecule is Cc1ncsc1-c1ccc([C@H](C)NC(=O)[C@@H]2C[C@@H](O)CN2C(=O)[C@@H](N)C2CCCCC2)cc1. The van der Waals surface area contributed by atoms with E-state index in [1.54, 1.807) is 11.3 Å². The first-order chi connectivity index (χ1) is 15.8. The number of β-amino-alcohol motifs (C(OH)–C–C–N with tert-alkyl or cyclic N) is 1. The van der Waals surface area contributed by atoms with Crippen LogP contribution >= 0.6 is 11.3 Å². The van der Waals surface area contributed by atoms with Crippen molar-refractivity contribution >= 4 is 23.2 Å². The fourth-order valence-electron chi connectivity index (χ4n) is 5.09. The van der Waals surface area contributed by atoms with Crippen molar-refractivity contribution in [2.24, 2.45) is 11.7 Å². The van der Waals surface area contributed by atoms with Crippen molar-refractivity contribution < 1.29 is 14.7 Å². The van der Waals surface area contributed by atoms with Crippen LogP contribution in [-0.4, -0.2) is 51.5 Å². The Balaban J connectivity index is 1.40. The van der Waals surface area contributed by atoms with Crippen molar-refractivity contribution in [1.82, 2.24) is 15.2 Å². The average Bonchev–Trinajstić information content (AvgIpc) is 3.44. The molecule has 2 heterocycles. The van der Waals surface area contributed by atoms with E-state index < -0.39 is 18.2 Å². The number of amides is 2. The van der Waals surface area contributed by atoms with E-state index in [1.807, 2.05) is 43.6 Å². The van der Waals surface area contributed by atoms with E-state index in [2.05, 4.69) is 10.3 Å². The van der Waals surface area contributed by atoms with Crippen molar-refractivity contribution in [2.75, 3.05) is 6.54 Å². The third kappa shape index (κ3) is 5.28. The summed E-state index contributed by atoms with van der Waals surface area (Å²) in [6.45, 7) is 4.08. The summed E-state index contributed by atoms with van der Waals surface area (Å²) in [6, 6.07) is 6.56. The number of hydrogen-bond acceptors (Lipinski definition) is 6. The summed E-state index contributed by atoms with van der Waals surface area (Å²) in [7, 11) is 0. The normalized spacial score (nSPS) is 23.3. The van der Waals surface area contributed by atoms with E-state index in [1.165, 1.54) is 11.3 Å². The minimum atomic E-state index is -0.708. The van der Waals surface area contributed by atoms with Gasteiger partial charge >= 0.3 is 0 Å². The Hall–Kier alpha value is -2.29. The van der Waals surface area contributed by atoms with E-state index in [9.17, 15) is 14.7 Å². The molecule has 0 spiro atoms. The zero-order chi connectivity index (χ0) is 23.5. The van der Waals surface area contributed by atoms with Crippen LogP contribution in [0.25, 0.3) is 10.4 Å². The number of likely N-dealkylation sites (tertiary alicyclic amines) is 1. The van der Waals surface area contributed by atoms with Gasteiger partial charge in [0.1, 0.15) is 6.04 Å². The first kappa shape index (κ1) is 23.9. The smallest absolute Gasteiger partial charge is 0.243 e. The Kier molecular flexibility index (Phi) is 7.46. The molecule has 0 bridgehead atoms. The van der Waals surface area contributed by atoms with Gasteiger partial charge in [-0.05, 0) is 43.7 Å². The molecule has 1 saturated heterocycles. The van der Waals surface area contributed by atoms with Crippen LogP contribution in [0.4, 0.5) is 0 Å². The summed E-state index contributed by atoms with van der Waals surface area (Å²) in [6.07, 6.45) is 4.82. The summed E-state index contributed by atoms with van der Waals surface area (Å²) in [5, 5.41) is 13.3. The lowest BCUT2D eigenvalue weighted by molar-refractivity contribution is -0.140. The van der Waals surface area contributed by atoms with E-state index >= 15 is 0 Å². The summed E-state index contributed by atoms with van der Waals surface area (Å²) in [5.41, 5.74) is 11.2. The van der Waals surface area contributed by atoms with E-state index in [4.69, 9.17) is 5.73 Å². The molecule has 2 amide bonds. The fourth-order valence-corrected chi connectivity index (χ4v) is 5.90. The van der Waals surface area contributed by atoms with Crippen LogP contribution in [0.2, 0.25) is 0 Å². The zero-order valence-electron chi connectivity index (χ0n) is 19.4. The molecule has 33 heavy (non-hydrogen) atoms. The Morgan fingerprint density at radius 2 is 1.91 bits per heavy atom. The molecule has 0 radical (unpaired) electrons. The summed E-state index contributed by atoms with van der Waals surface area (Å²) >= 11 is 1.61. The third-order valence-corrected chi connectivity index (χ3v) is 8.06. The second kappa shape index (κ2) is 10.3. The zero-order valence-corrected chi connectivity index (χ0v) is 20.2. The highest BCUT2D eigenvalue weighted by Gasteiger charge is 2.42. The first-order valence-corrected chi connectivity index (χ1v) is 12.8. The van der Waals surface area contributed by atoms with Crippen LogP contribution in [0.5, 0.6) is 0 Å². The van der Waals surface area contributed by atoms with Crippen LogP contribution in [0.15, 0.2) is 29.8 Å². The van der Waals surface area contributed by atoms with E-state index in [0.29, 0.717) is 0 Å². The predicted octanol–water partition coefficient (Wildman–Crippen LogP) is 3.17. The van der Waals surface area contributed by atoms with Crippen molar-refractivity contribution in [2.45, 2.75) is 76.6 Å². The number of nitrogens with two attached hydrogens (primary N) is 1. The Morgan fingerprint density at radius 1 is 1.21 bits per heavy atom. The molecule has 0 unspecified atom stereocenters. The number of nitrogens with one attached hydrogen (secondary N) is 1. The molecule has 1 aromatic carbocycles. The van der Waals surface area contributed by atoms with Gasteiger partial charge in [-0.2, -0.15) is 0 Å². The Bertz CT molecular complexity index is 970. The van der Waals surface area contributed by atoms with Crippen molar-refractivity contribution in [1.29, 1.82) is 0 Å². The number of carbonyl (C=O) groups excluding carboxylic acids is 2. The third-order valence-electron chi connectivity index (χ3n) is 7.08. The molecule has 178 valence electrons. The maximum Gasteiger partial charge on any atom is 0.243 e. The molecule has 1 aliphatic heterocycles. The average molecular weight is 471 g/mol. The monoisotopic (exact) mass is 470 g/mol. The van der Waals surface area contributed by atoms with Gasteiger partial charge in [0.25, 0.3) is 0 Å². The second-order valence-electron chi connectivity index (χ2n) is 9.44. The van der Waals surface area contributed by atoms with Gasteiger partial charge in [-0.15, -0.1) is 11.3 Å². The number of nitrogens with zero attached hydrogens (tertiary/aromatic N) is 2. The lowest BCUT2D eigenvalue weighted by atomic mass is 9.83. The van der Waals surface area contributed by atoms with E-state index in [-0.39, 0.29) is 36.7 Å². The molecule has 1 aromatic heterocycles. The molecule has 1 saturated carbocycles. The lowest BCUT2D eigenvalue weighted by Crippen LogP contribution is -2.53. The molecular formula is C25H34N4O3S. The summed E-state index contributed by atoms with van der Waals surface area (Å²) in [4.78, 5) is 33.2. The van der Waals surface area contributed by atoms with Crippen LogP contribution in [0.1, 0.15) is 62.7 Å². The Morgan fingerprint density at radius 3 is 2.55 bits per heavy atom. The molecule has 2 aromatic rings. The maximum absolute atomic E-state index is 13.1. The molecule has 4 N–H and O–H groups in total.